The normalized spacial score (nSPS) is 26.0. The smallest absolute Gasteiger partial charge is 0.0701 e. The summed E-state index contributed by atoms with van der Waals surface area (Å²) >= 11 is 5.41. The fourth-order valence-corrected chi connectivity index (χ4v) is 4.21. The molecule has 1 aromatic heterocycles. The zero-order valence-corrected chi connectivity index (χ0v) is 11.6. The van der Waals surface area contributed by atoms with Crippen molar-refractivity contribution < 1.29 is 0 Å². The number of hydrogen-bond donors (Lipinski definition) is 1. The molecule has 2 rings (SSSR count). The van der Waals surface area contributed by atoms with Crippen LogP contribution in [0.15, 0.2) is 15.9 Å². The lowest BCUT2D eigenvalue weighted by atomic mass is 9.88. The third-order valence-corrected chi connectivity index (χ3v) is 4.83. The van der Waals surface area contributed by atoms with Crippen LogP contribution in [0.4, 0.5) is 0 Å². The van der Waals surface area contributed by atoms with Gasteiger partial charge in [-0.15, -0.1) is 11.3 Å². The van der Waals surface area contributed by atoms with Crippen molar-refractivity contribution in [2.24, 2.45) is 0 Å². The first-order chi connectivity index (χ1) is 7.24. The summed E-state index contributed by atoms with van der Waals surface area (Å²) in [6, 6.07) is 4.42. The van der Waals surface area contributed by atoms with Gasteiger partial charge in [-0.1, -0.05) is 13.3 Å². The standard InChI is InChI=1S/C12H18BrNS/c1-2-6-12(7-3-8-14-12)9-10-4-5-11(13)15-10/h4-5,14H,2-3,6-9H2,1H3. The Balaban J connectivity index is 2.06. The van der Waals surface area contributed by atoms with E-state index < -0.39 is 0 Å². The maximum absolute atomic E-state index is 3.72. The van der Waals surface area contributed by atoms with Crippen molar-refractivity contribution >= 4 is 27.3 Å². The van der Waals surface area contributed by atoms with Gasteiger partial charge in [-0.3, -0.25) is 0 Å². The van der Waals surface area contributed by atoms with E-state index in [1.165, 1.54) is 47.3 Å². The third-order valence-electron chi connectivity index (χ3n) is 3.20. The maximum Gasteiger partial charge on any atom is 0.0701 e. The number of nitrogens with one attached hydrogen (secondary N) is 1. The van der Waals surface area contributed by atoms with Gasteiger partial charge in [-0.05, 0) is 60.3 Å². The summed E-state index contributed by atoms with van der Waals surface area (Å²) in [7, 11) is 0. The van der Waals surface area contributed by atoms with Gasteiger partial charge in [0, 0.05) is 10.4 Å². The molecule has 1 aliphatic rings. The topological polar surface area (TPSA) is 12.0 Å². The highest BCUT2D eigenvalue weighted by atomic mass is 79.9. The van der Waals surface area contributed by atoms with E-state index in [0.717, 1.165) is 0 Å². The van der Waals surface area contributed by atoms with Gasteiger partial charge in [-0.2, -0.15) is 0 Å². The molecule has 1 atom stereocenters. The highest BCUT2D eigenvalue weighted by Gasteiger charge is 2.32. The second-order valence-electron chi connectivity index (χ2n) is 4.44. The number of rotatable bonds is 4. The lowest BCUT2D eigenvalue weighted by Crippen LogP contribution is -2.41. The van der Waals surface area contributed by atoms with Crippen LogP contribution in [0.3, 0.4) is 0 Å². The van der Waals surface area contributed by atoms with Crippen molar-refractivity contribution in [1.82, 2.24) is 5.32 Å². The molecule has 84 valence electrons. The molecule has 15 heavy (non-hydrogen) atoms. The number of halogens is 1. The summed E-state index contributed by atoms with van der Waals surface area (Å²) in [6.45, 7) is 3.48. The first-order valence-electron chi connectivity index (χ1n) is 5.73. The quantitative estimate of drug-likeness (QED) is 0.883. The Bertz CT molecular complexity index is 315. The molecule has 1 N–H and O–H groups in total. The van der Waals surface area contributed by atoms with Crippen LogP contribution < -0.4 is 5.32 Å². The van der Waals surface area contributed by atoms with E-state index in [4.69, 9.17) is 0 Å². The first kappa shape index (κ1) is 11.6. The minimum Gasteiger partial charge on any atom is -0.311 e. The van der Waals surface area contributed by atoms with Gasteiger partial charge in [0.2, 0.25) is 0 Å². The number of thiophene rings is 1. The Morgan fingerprint density at radius 1 is 1.53 bits per heavy atom. The minimum atomic E-state index is 0.402. The van der Waals surface area contributed by atoms with Crippen LogP contribution in [-0.2, 0) is 6.42 Å². The van der Waals surface area contributed by atoms with E-state index in [9.17, 15) is 0 Å². The zero-order chi connectivity index (χ0) is 10.7. The van der Waals surface area contributed by atoms with E-state index in [0.29, 0.717) is 5.54 Å². The van der Waals surface area contributed by atoms with Crippen LogP contribution >= 0.6 is 27.3 Å². The summed E-state index contributed by atoms with van der Waals surface area (Å²) in [5.41, 5.74) is 0.402. The highest BCUT2D eigenvalue weighted by Crippen LogP contribution is 2.32. The van der Waals surface area contributed by atoms with E-state index in [1.54, 1.807) is 0 Å². The predicted octanol–water partition coefficient (Wildman–Crippen LogP) is 3.98. The molecule has 0 amide bonds. The van der Waals surface area contributed by atoms with Gasteiger partial charge in [0.25, 0.3) is 0 Å². The Labute approximate surface area is 104 Å². The molecule has 0 radical (unpaired) electrons. The second kappa shape index (κ2) is 4.98. The van der Waals surface area contributed by atoms with E-state index in [-0.39, 0.29) is 0 Å². The predicted molar refractivity (Wildman–Crippen MR) is 70.6 cm³/mol. The molecular formula is C12H18BrNS. The summed E-state index contributed by atoms with van der Waals surface area (Å²) in [6.07, 6.45) is 6.47. The monoisotopic (exact) mass is 287 g/mol. The number of hydrogen-bond acceptors (Lipinski definition) is 2. The maximum atomic E-state index is 3.72. The van der Waals surface area contributed by atoms with Crippen molar-refractivity contribution in [3.8, 4) is 0 Å². The fraction of sp³-hybridized carbons (Fsp3) is 0.667. The van der Waals surface area contributed by atoms with E-state index in [2.05, 4.69) is 40.3 Å². The second-order valence-corrected chi connectivity index (χ2v) is 6.99. The highest BCUT2D eigenvalue weighted by molar-refractivity contribution is 9.11. The van der Waals surface area contributed by atoms with E-state index >= 15 is 0 Å². The van der Waals surface area contributed by atoms with Crippen molar-refractivity contribution in [3.63, 3.8) is 0 Å². The zero-order valence-electron chi connectivity index (χ0n) is 9.18. The average Bonchev–Trinajstić information content (AvgIpc) is 2.78. The third kappa shape index (κ3) is 2.83. The van der Waals surface area contributed by atoms with Gasteiger partial charge < -0.3 is 5.32 Å². The molecule has 1 fully saturated rings. The Hall–Kier alpha value is 0.140. The molecule has 3 heteroatoms. The lowest BCUT2D eigenvalue weighted by Gasteiger charge is -2.28. The van der Waals surface area contributed by atoms with Crippen LogP contribution in [0.5, 0.6) is 0 Å². The molecule has 1 nitrogen and oxygen atoms in total. The average molecular weight is 288 g/mol. The summed E-state index contributed by atoms with van der Waals surface area (Å²) in [5.74, 6) is 0. The Kier molecular flexibility index (Phi) is 3.86. The van der Waals surface area contributed by atoms with Crippen LogP contribution in [0.25, 0.3) is 0 Å². The molecular weight excluding hydrogens is 270 g/mol. The first-order valence-corrected chi connectivity index (χ1v) is 7.34. The van der Waals surface area contributed by atoms with Crippen molar-refractivity contribution in [3.05, 3.63) is 20.8 Å². The summed E-state index contributed by atoms with van der Waals surface area (Å²) < 4.78 is 1.25. The van der Waals surface area contributed by atoms with Crippen molar-refractivity contribution in [2.45, 2.75) is 44.6 Å². The summed E-state index contributed by atoms with van der Waals surface area (Å²) in [4.78, 5) is 1.50. The molecule has 0 aliphatic carbocycles. The molecule has 0 bridgehead atoms. The molecule has 1 saturated heterocycles. The van der Waals surface area contributed by atoms with Crippen LogP contribution in [0.1, 0.15) is 37.5 Å². The van der Waals surface area contributed by atoms with Gasteiger partial charge in [0.1, 0.15) is 0 Å². The molecule has 1 aliphatic heterocycles. The fourth-order valence-electron chi connectivity index (χ4n) is 2.58. The van der Waals surface area contributed by atoms with Crippen molar-refractivity contribution in [1.29, 1.82) is 0 Å². The summed E-state index contributed by atoms with van der Waals surface area (Å²) in [5, 5.41) is 3.72. The van der Waals surface area contributed by atoms with Crippen LogP contribution in [0, 0.1) is 0 Å². The van der Waals surface area contributed by atoms with Gasteiger partial charge in [-0.25, -0.2) is 0 Å². The molecule has 0 aromatic carbocycles. The van der Waals surface area contributed by atoms with Crippen molar-refractivity contribution in [2.75, 3.05) is 6.54 Å². The Morgan fingerprint density at radius 2 is 2.40 bits per heavy atom. The van der Waals surface area contributed by atoms with Gasteiger partial charge in [0.05, 0.1) is 3.79 Å². The molecule has 2 heterocycles. The lowest BCUT2D eigenvalue weighted by molar-refractivity contribution is 0.344. The minimum absolute atomic E-state index is 0.402. The van der Waals surface area contributed by atoms with Crippen LogP contribution in [0.2, 0.25) is 0 Å². The van der Waals surface area contributed by atoms with Gasteiger partial charge in [0.15, 0.2) is 0 Å². The molecule has 0 saturated carbocycles. The molecule has 1 aromatic rings. The SMILES string of the molecule is CCCC1(Cc2ccc(Br)s2)CCCN1. The molecule has 0 spiro atoms. The van der Waals surface area contributed by atoms with Gasteiger partial charge >= 0.3 is 0 Å². The molecule has 1 unspecified atom stereocenters. The van der Waals surface area contributed by atoms with E-state index in [1.807, 2.05) is 11.3 Å². The van der Waals surface area contributed by atoms with Crippen LogP contribution in [-0.4, -0.2) is 12.1 Å². The Morgan fingerprint density at radius 3 is 2.93 bits per heavy atom. The largest absolute Gasteiger partial charge is 0.311 e.